The van der Waals surface area contributed by atoms with Gasteiger partial charge >= 0.3 is 6.03 Å². The van der Waals surface area contributed by atoms with E-state index >= 15 is 0 Å². The van der Waals surface area contributed by atoms with Gasteiger partial charge in [-0.05, 0) is 48.4 Å². The first kappa shape index (κ1) is 24.3. The third kappa shape index (κ3) is 6.50. The molecule has 0 aromatic heterocycles. The quantitative estimate of drug-likeness (QED) is 0.447. The summed E-state index contributed by atoms with van der Waals surface area (Å²) in [6, 6.07) is 8.62. The van der Waals surface area contributed by atoms with Crippen LogP contribution in [0.5, 0.6) is 5.75 Å². The van der Waals surface area contributed by atoms with Crippen LogP contribution in [-0.2, 0) is 14.8 Å². The average Bonchev–Trinajstić information content (AvgIpc) is 2.72. The van der Waals surface area contributed by atoms with Crippen molar-refractivity contribution in [2.24, 2.45) is 11.7 Å². The van der Waals surface area contributed by atoms with E-state index in [9.17, 15) is 18.0 Å². The number of nitrogens with two attached hydrogens (primary N) is 1. The molecule has 0 heterocycles. The number of nitrogens with one attached hydrogen (secondary N) is 3. The zero-order valence-corrected chi connectivity index (χ0v) is 18.9. The van der Waals surface area contributed by atoms with E-state index in [0.717, 1.165) is 0 Å². The highest BCUT2D eigenvalue weighted by Gasteiger charge is 2.26. The van der Waals surface area contributed by atoms with E-state index in [1.165, 1.54) is 37.4 Å². The number of primary amides is 1. The molecule has 2 aromatic rings. The largest absolute Gasteiger partial charge is 0.495 e. The molecule has 3 amide bonds. The van der Waals surface area contributed by atoms with Crippen molar-refractivity contribution in [2.45, 2.75) is 31.2 Å². The number of halogens is 1. The minimum absolute atomic E-state index is 0.0909. The highest BCUT2D eigenvalue weighted by Crippen LogP contribution is 2.29. The average molecular weight is 469 g/mol. The number of rotatable bonds is 9. The Bertz CT molecular complexity index is 1040. The van der Waals surface area contributed by atoms with Gasteiger partial charge in [-0.25, -0.2) is 13.2 Å². The van der Waals surface area contributed by atoms with Crippen molar-refractivity contribution in [2.75, 3.05) is 17.1 Å². The molecule has 2 atom stereocenters. The van der Waals surface area contributed by atoms with Crippen LogP contribution >= 0.6 is 11.6 Å². The van der Waals surface area contributed by atoms with Crippen LogP contribution in [-0.4, -0.2) is 33.5 Å². The molecule has 168 valence electrons. The van der Waals surface area contributed by atoms with Crippen LogP contribution in [0.25, 0.3) is 0 Å². The maximum Gasteiger partial charge on any atom is 0.312 e. The van der Waals surface area contributed by atoms with E-state index in [1.807, 2.05) is 6.92 Å². The maximum absolute atomic E-state index is 12.9. The van der Waals surface area contributed by atoms with Crippen molar-refractivity contribution >= 4 is 44.9 Å². The molecule has 2 rings (SSSR count). The van der Waals surface area contributed by atoms with Crippen LogP contribution in [0.1, 0.15) is 20.3 Å². The van der Waals surface area contributed by atoms with Crippen molar-refractivity contribution in [3.63, 3.8) is 0 Å². The second-order valence-corrected chi connectivity index (χ2v) is 8.93. The molecule has 0 aliphatic heterocycles. The first-order valence-corrected chi connectivity index (χ1v) is 11.3. The number of methoxy groups -OCH3 is 1. The third-order valence-electron chi connectivity index (χ3n) is 4.61. The molecule has 0 saturated heterocycles. The van der Waals surface area contributed by atoms with Gasteiger partial charge in [-0.3, -0.25) is 9.52 Å². The number of hydrogen-bond acceptors (Lipinski definition) is 5. The fourth-order valence-electron chi connectivity index (χ4n) is 2.77. The van der Waals surface area contributed by atoms with Gasteiger partial charge in [0, 0.05) is 16.4 Å². The Morgan fingerprint density at radius 1 is 1.13 bits per heavy atom. The fraction of sp³-hybridized carbons (Fsp3) is 0.300. The number of urea groups is 1. The van der Waals surface area contributed by atoms with Gasteiger partial charge < -0.3 is 21.1 Å². The van der Waals surface area contributed by atoms with Crippen molar-refractivity contribution in [3.8, 4) is 5.75 Å². The lowest BCUT2D eigenvalue weighted by Crippen LogP contribution is -2.49. The highest BCUT2D eigenvalue weighted by molar-refractivity contribution is 7.92. The van der Waals surface area contributed by atoms with Gasteiger partial charge in [0.1, 0.15) is 16.7 Å². The number of carbonyl (C=O) groups is 2. The Morgan fingerprint density at radius 2 is 1.74 bits per heavy atom. The normalized spacial score (nSPS) is 13.0. The lowest BCUT2D eigenvalue weighted by Gasteiger charge is -2.23. The SMILES string of the molecule is CCC(C)C(NC(N)=O)C(=O)Nc1ccc(OC)c(S(=O)(=O)Nc2ccc(Cl)cc2)c1. The summed E-state index contributed by atoms with van der Waals surface area (Å²) >= 11 is 5.83. The van der Waals surface area contributed by atoms with Crippen LogP contribution in [0, 0.1) is 5.92 Å². The number of benzene rings is 2. The number of amides is 3. The molecule has 31 heavy (non-hydrogen) atoms. The summed E-state index contributed by atoms with van der Waals surface area (Å²) in [4.78, 5) is 23.8. The second kappa shape index (κ2) is 10.4. The molecule has 0 aliphatic rings. The smallest absolute Gasteiger partial charge is 0.312 e. The summed E-state index contributed by atoms with van der Waals surface area (Å²) < 4.78 is 33.5. The predicted molar refractivity (Wildman–Crippen MR) is 120 cm³/mol. The summed E-state index contributed by atoms with van der Waals surface area (Å²) in [5.74, 6) is -0.624. The van der Waals surface area contributed by atoms with E-state index in [4.69, 9.17) is 22.1 Å². The van der Waals surface area contributed by atoms with Gasteiger partial charge in [-0.2, -0.15) is 0 Å². The summed E-state index contributed by atoms with van der Waals surface area (Å²) in [7, 11) is -2.71. The molecule has 11 heteroatoms. The van der Waals surface area contributed by atoms with Crippen LogP contribution in [0.15, 0.2) is 47.4 Å². The summed E-state index contributed by atoms with van der Waals surface area (Å²) in [5, 5.41) is 5.50. The Kier molecular flexibility index (Phi) is 8.12. The number of ether oxygens (including phenoxy) is 1. The Labute approximate surface area is 186 Å². The van der Waals surface area contributed by atoms with Crippen molar-refractivity contribution in [3.05, 3.63) is 47.5 Å². The Balaban J connectivity index is 2.33. The minimum atomic E-state index is -4.05. The molecule has 0 saturated carbocycles. The molecule has 0 bridgehead atoms. The Morgan fingerprint density at radius 3 is 2.29 bits per heavy atom. The Hall–Kier alpha value is -2.98. The van der Waals surface area contributed by atoms with Crippen molar-refractivity contribution < 1.29 is 22.7 Å². The first-order valence-electron chi connectivity index (χ1n) is 9.40. The molecule has 9 nitrogen and oxygen atoms in total. The fourth-order valence-corrected chi connectivity index (χ4v) is 4.15. The summed E-state index contributed by atoms with van der Waals surface area (Å²) in [5.41, 5.74) is 5.70. The number of hydrogen-bond donors (Lipinski definition) is 4. The van der Waals surface area contributed by atoms with Gasteiger partial charge in [0.2, 0.25) is 5.91 Å². The van der Waals surface area contributed by atoms with Gasteiger partial charge in [0.15, 0.2) is 0 Å². The van der Waals surface area contributed by atoms with Crippen LogP contribution in [0.4, 0.5) is 16.2 Å². The topological polar surface area (TPSA) is 140 Å². The highest BCUT2D eigenvalue weighted by atomic mass is 35.5. The third-order valence-corrected chi connectivity index (χ3v) is 6.26. The van der Waals surface area contributed by atoms with E-state index in [0.29, 0.717) is 17.1 Å². The van der Waals surface area contributed by atoms with Gasteiger partial charge in [0.05, 0.1) is 7.11 Å². The first-order chi connectivity index (χ1) is 14.6. The van der Waals surface area contributed by atoms with Gasteiger partial charge in [0.25, 0.3) is 10.0 Å². The molecular formula is C20H25ClN4O5S. The zero-order valence-electron chi connectivity index (χ0n) is 17.3. The minimum Gasteiger partial charge on any atom is -0.495 e. The molecule has 0 radical (unpaired) electrons. The van der Waals surface area contributed by atoms with E-state index < -0.39 is 28.0 Å². The van der Waals surface area contributed by atoms with Crippen molar-refractivity contribution in [1.29, 1.82) is 0 Å². The van der Waals surface area contributed by atoms with Gasteiger partial charge in [-0.15, -0.1) is 0 Å². The number of carbonyl (C=O) groups excluding carboxylic acids is 2. The molecule has 0 aliphatic carbocycles. The van der Waals surface area contributed by atoms with Crippen LogP contribution in [0.3, 0.4) is 0 Å². The molecular weight excluding hydrogens is 444 g/mol. The lowest BCUT2D eigenvalue weighted by atomic mass is 9.98. The van der Waals surface area contributed by atoms with Gasteiger partial charge in [-0.1, -0.05) is 31.9 Å². The van der Waals surface area contributed by atoms with Crippen LogP contribution < -0.4 is 25.8 Å². The van der Waals surface area contributed by atoms with Crippen LogP contribution in [0.2, 0.25) is 5.02 Å². The molecule has 2 unspecified atom stereocenters. The number of anilines is 2. The summed E-state index contributed by atoms with van der Waals surface area (Å²) in [6.07, 6.45) is 0.617. The molecule has 0 fully saturated rings. The standard InChI is InChI=1S/C20H25ClN4O5S/c1-4-12(2)18(24-20(22)27)19(26)23-15-9-10-16(30-3)17(11-15)31(28,29)25-14-7-5-13(21)6-8-14/h5-12,18,25H,4H2,1-3H3,(H,23,26)(H3,22,24,27). The lowest BCUT2D eigenvalue weighted by molar-refractivity contribution is -0.119. The van der Waals surface area contributed by atoms with E-state index in [-0.39, 0.29) is 22.3 Å². The van der Waals surface area contributed by atoms with E-state index in [1.54, 1.807) is 19.1 Å². The summed E-state index contributed by atoms with van der Waals surface area (Å²) in [6.45, 7) is 3.66. The zero-order chi connectivity index (χ0) is 23.2. The van der Waals surface area contributed by atoms with E-state index in [2.05, 4.69) is 15.4 Å². The second-order valence-electron chi connectivity index (χ2n) is 6.84. The van der Waals surface area contributed by atoms with Crippen molar-refractivity contribution in [1.82, 2.24) is 5.32 Å². The number of sulfonamides is 1. The molecule has 2 aromatic carbocycles. The maximum atomic E-state index is 12.9. The predicted octanol–water partition coefficient (Wildman–Crippen LogP) is 3.17. The monoisotopic (exact) mass is 468 g/mol. The molecule has 0 spiro atoms. The molecule has 5 N–H and O–H groups in total.